The number of rotatable bonds is 12. The number of nitrogens with zero attached hydrogens (tertiary/aromatic N) is 28. The summed E-state index contributed by atoms with van der Waals surface area (Å²) in [5.74, 6) is 6.86. The average molecular weight is 2240 g/mol. The molecule has 0 aliphatic carbocycles. The second kappa shape index (κ2) is 39.7. The minimum atomic E-state index is -0.645. The Morgan fingerprint density at radius 3 is 0.830 bits per heavy atom. The van der Waals surface area contributed by atoms with Crippen molar-refractivity contribution in [2.24, 2.45) is 20.0 Å². The van der Waals surface area contributed by atoms with E-state index in [2.05, 4.69) is 168 Å². The molecule has 0 N–H and O–H groups in total. The summed E-state index contributed by atoms with van der Waals surface area (Å²) in [6.45, 7) is 8.53. The molecule has 28 nitrogen and oxygen atoms in total. The minimum Gasteiger partial charge on any atom is -0.434 e. The first-order valence-corrected chi connectivity index (χ1v) is 47.2. The predicted molar refractivity (Wildman–Crippen MR) is 574 cm³/mol. The first kappa shape index (κ1) is 93.9. The third-order valence-corrected chi connectivity index (χ3v) is 25.7. The Bertz CT molecular complexity index is 8030. The summed E-state index contributed by atoms with van der Waals surface area (Å²) < 4.78 is 12.1. The molecule has 12 aromatic carbocycles. The quantitative estimate of drug-likeness (QED) is 0.103. The molecule has 0 atom stereocenters. The van der Waals surface area contributed by atoms with Crippen LogP contribution in [0.4, 0.5) is 57.9 Å². The number of aliphatic imine (C=N–C) groups is 4. The van der Waals surface area contributed by atoms with E-state index < -0.39 is 10.8 Å². The zero-order valence-electron chi connectivity index (χ0n) is 79.2. The van der Waals surface area contributed by atoms with E-state index in [1.807, 2.05) is 367 Å². The summed E-state index contributed by atoms with van der Waals surface area (Å²) in [6.07, 6.45) is 28.2. The predicted octanol–water partition coefficient (Wildman–Crippen LogP) is 26.6. The van der Waals surface area contributed by atoms with Crippen LogP contribution in [0.1, 0.15) is 73.5 Å². The van der Waals surface area contributed by atoms with Crippen LogP contribution in [0.3, 0.4) is 0 Å². The number of imidazole rings is 6. The van der Waals surface area contributed by atoms with E-state index in [9.17, 15) is 0 Å². The molecule has 0 amide bonds. The third kappa shape index (κ3) is 18.2. The molecule has 6 aromatic heterocycles. The number of hydrogen-bond donors (Lipinski definition) is 0. The van der Waals surface area contributed by atoms with Crippen molar-refractivity contribution in [3.05, 3.63) is 539 Å². The zero-order valence-corrected chi connectivity index (χ0v) is 83.9. The van der Waals surface area contributed by atoms with Gasteiger partial charge in [0.15, 0.2) is 23.8 Å². The molecule has 0 saturated heterocycles. The van der Waals surface area contributed by atoms with Crippen LogP contribution in [-0.2, 0) is 69.4 Å². The third-order valence-electron chi connectivity index (χ3n) is 25.7. The van der Waals surface area contributed by atoms with E-state index in [0.717, 1.165) is 137 Å². The first-order valence-electron chi connectivity index (χ1n) is 47.2. The summed E-state index contributed by atoms with van der Waals surface area (Å²) in [5, 5.41) is 30.8. The summed E-state index contributed by atoms with van der Waals surface area (Å²) >= 11 is 0. The molecule has 0 unspecified atom stereocenters. The standard InChI is InChI=1S/C42H36N10.C38H26N8.C36H24N10.Cu.Pd.Pt/c1-41(2)33-25-49(29-17-9-5-10-18-29)37(43-33)47-39-45-35(27-51(39)31-21-13-7-14-22-31)42(3,4)36-28-52(32-23-15-8-16-24-32)40(46-36)48-38-44-34(41)26-50(38)30-19-11-6-12-20-30;1-5-13-28(14-6-1)43-24-32-33-25-44(29-15-7-2-8-16-29)36(41-33)22-37-42-34(26-45(37)30-17-9-3-10-18-30)38-39-27(21-35(43)40-32)23-46(38)31-19-11-4-12-20-31;1-5-13-25(14-6-1)43-21-29-30-22-45(27-17-9-3-10-18-27)35(38-30)42-36-40-32(24-46(36)28-19-11-4-12-20-28)31-23-44(26-15-7-2-8-16-26)34(39-31)41-33(43)37-29;;;/h5-28H,1-4H3;1-26H;1-24H;;;/q3*-2;3*+2. The maximum Gasteiger partial charge on any atom is 2.00 e. The largest absolute Gasteiger partial charge is 2.00 e. The van der Waals surface area contributed by atoms with Crippen molar-refractivity contribution in [1.82, 2.24) is 57.3 Å². The van der Waals surface area contributed by atoms with Gasteiger partial charge in [0.25, 0.3) is 0 Å². The molecule has 9 aliphatic heterocycles. The molecule has 15 heterocycles. The monoisotopic (exact) mass is 2230 g/mol. The maximum absolute atomic E-state index is 5.22. The first-order chi connectivity index (χ1) is 70.8. The molecule has 0 fully saturated rings. The molecule has 27 rings (SSSR count). The number of aromatic nitrogens is 12. The van der Waals surface area contributed by atoms with Gasteiger partial charge in [0.2, 0.25) is 0 Å². The van der Waals surface area contributed by atoms with Crippen LogP contribution in [-0.4, -0.2) is 81.1 Å². The summed E-state index contributed by atoms with van der Waals surface area (Å²) in [6, 6.07) is 122. The van der Waals surface area contributed by atoms with E-state index >= 15 is 0 Å². The van der Waals surface area contributed by atoms with E-state index in [1.165, 1.54) is 0 Å². The topological polar surface area (TPSA) is 260 Å². The molecule has 24 bridgehead atoms. The number of anilines is 6. The van der Waals surface area contributed by atoms with Crippen LogP contribution in [0.15, 0.2) is 481 Å². The van der Waals surface area contributed by atoms with Gasteiger partial charge >= 0.3 is 58.6 Å². The Morgan fingerprint density at radius 1 is 0.224 bits per heavy atom. The normalized spacial score (nSPS) is 15.3. The number of para-hydroxylation sites is 12. The van der Waals surface area contributed by atoms with Gasteiger partial charge < -0.3 is 81.3 Å². The van der Waals surface area contributed by atoms with Gasteiger partial charge in [-0.25, -0.2) is 29.9 Å². The van der Waals surface area contributed by atoms with Crippen LogP contribution in [0.2, 0.25) is 0 Å². The number of benzene rings is 12. The van der Waals surface area contributed by atoms with E-state index in [0.29, 0.717) is 70.4 Å². The van der Waals surface area contributed by atoms with Crippen molar-refractivity contribution < 1.29 is 58.6 Å². The van der Waals surface area contributed by atoms with E-state index in [1.54, 1.807) is 0 Å². The van der Waals surface area contributed by atoms with Gasteiger partial charge in [0, 0.05) is 117 Å². The van der Waals surface area contributed by atoms with Crippen molar-refractivity contribution >= 4 is 117 Å². The van der Waals surface area contributed by atoms with Crippen LogP contribution < -0.4 is 29.4 Å². The van der Waals surface area contributed by atoms with Crippen molar-refractivity contribution in [2.75, 3.05) is 29.4 Å². The zero-order chi connectivity index (χ0) is 96.4. The molecular weight excluding hydrogens is 2150 g/mol. The SMILES string of the molecule is C1=C2[N-]C(=Cc3cn(-c4ccccc4)c(n3)C3=CN(c4ccccc4)C(=Cc4nc2cn4-c2ccccc2)[N-]3)N1c1ccccc1.C1=C2[N-]C(=Nc3nc(cn3-c3ccccc3)C3=CN(c4ccccc4)C(=Nc4nc2cn4-c2ccccc2)[N-]3)N1c1ccccc1.CC1(C)C2=CN(c3ccccc3)C(=Nc3nc(cn3-c3ccccc3)C(C)(C)C3=CN(c4ccccc4)C(=Nc4nc1cn4-c1ccccc1)[N-]3)[N-]2.[Cu+2].[Pd+2].[Pt+2]. The molecule has 0 saturated carbocycles. The smallest absolute Gasteiger partial charge is 0.434 e. The van der Waals surface area contributed by atoms with Crippen molar-refractivity contribution in [3.63, 3.8) is 0 Å². The van der Waals surface area contributed by atoms with Crippen LogP contribution in [0, 0.1) is 0 Å². The molecule has 9 aliphatic rings. The van der Waals surface area contributed by atoms with Gasteiger partial charge in [0.05, 0.1) is 34.2 Å². The Labute approximate surface area is 886 Å². The Morgan fingerprint density at radius 2 is 0.476 bits per heavy atom. The fourth-order valence-electron chi connectivity index (χ4n) is 18.1. The molecule has 721 valence electrons. The number of fused-ring (bicyclic) bond motifs is 28. The minimum absolute atomic E-state index is 0. The number of hydrogen-bond acceptors (Lipinski definition) is 16. The molecule has 0 spiro atoms. The van der Waals surface area contributed by atoms with Gasteiger partial charge in [-0.2, -0.15) is 0 Å². The van der Waals surface area contributed by atoms with E-state index in [4.69, 9.17) is 81.8 Å². The second-order valence-electron chi connectivity index (χ2n) is 35.8. The van der Waals surface area contributed by atoms with Gasteiger partial charge in [0.1, 0.15) is 11.6 Å². The summed E-state index contributed by atoms with van der Waals surface area (Å²) in [5.41, 5.74) is 18.9. The molecule has 18 aromatic rings. The van der Waals surface area contributed by atoms with Crippen molar-refractivity contribution in [2.45, 2.75) is 38.5 Å². The van der Waals surface area contributed by atoms with Crippen LogP contribution in [0.5, 0.6) is 0 Å². The molecule has 147 heavy (non-hydrogen) atoms. The van der Waals surface area contributed by atoms with Gasteiger partial charge in [-0.3, -0.25) is 27.4 Å². The van der Waals surface area contributed by atoms with Gasteiger partial charge in [-0.05, 0) is 194 Å². The number of allylic oxidation sites excluding steroid dienone is 2. The molecule has 1 radical (unpaired) electrons. The Hall–Kier alpha value is -18.0. The maximum atomic E-state index is 5.22. The van der Waals surface area contributed by atoms with Gasteiger partial charge in [-0.15, -0.1) is 0 Å². The Kier molecular flexibility index (Phi) is 25.4. The number of guanidine groups is 4. The fraction of sp³-hybridized carbons (Fsp3) is 0.0517. The fourth-order valence-corrected chi connectivity index (χ4v) is 18.1. The van der Waals surface area contributed by atoms with Gasteiger partial charge in [-0.1, -0.05) is 315 Å². The summed E-state index contributed by atoms with van der Waals surface area (Å²) in [4.78, 5) is 63.5. The average Bonchev–Trinajstić information content (AvgIpc) is 1.60. The van der Waals surface area contributed by atoms with E-state index in [-0.39, 0.29) is 58.6 Å². The van der Waals surface area contributed by atoms with Crippen LogP contribution >= 0.6 is 0 Å². The summed E-state index contributed by atoms with van der Waals surface area (Å²) in [7, 11) is 0. The molecular formula is C116H86CuN28PdPt. The second-order valence-corrected chi connectivity index (χ2v) is 35.8. The van der Waals surface area contributed by atoms with Crippen molar-refractivity contribution in [3.8, 4) is 34.1 Å². The van der Waals surface area contributed by atoms with Crippen molar-refractivity contribution in [1.29, 1.82) is 0 Å². The molecule has 31 heteroatoms. The Balaban J connectivity index is 0.000000124. The van der Waals surface area contributed by atoms with Crippen LogP contribution in [0.25, 0.3) is 101 Å².